The normalized spacial score (nSPS) is 14.8. The number of anilines is 2. The molecule has 0 atom stereocenters. The summed E-state index contributed by atoms with van der Waals surface area (Å²) in [5.74, 6) is -0.720. The fraction of sp³-hybridized carbons (Fsp3) is 0.174. The van der Waals surface area contributed by atoms with Crippen molar-refractivity contribution in [2.75, 3.05) is 36.3 Å². The second kappa shape index (κ2) is 11.2. The maximum Gasteiger partial charge on any atom is 0.263 e. The van der Waals surface area contributed by atoms with Crippen molar-refractivity contribution in [3.05, 3.63) is 81.3 Å². The van der Waals surface area contributed by atoms with Crippen molar-refractivity contribution < 1.29 is 26.4 Å². The van der Waals surface area contributed by atoms with E-state index in [2.05, 4.69) is 10.0 Å². The van der Waals surface area contributed by atoms with Gasteiger partial charge in [-0.1, -0.05) is 34.8 Å². The molecule has 1 amide bonds. The molecular weight excluding hydrogens is 585 g/mol. The Morgan fingerprint density at radius 2 is 1.49 bits per heavy atom. The largest absolute Gasteiger partial charge is 0.379 e. The first-order valence-corrected chi connectivity index (χ1v) is 14.8. The SMILES string of the molecule is O=C(Nc1cc(S(=O)(=O)N2CCOCC2)ccc1Cl)c1ccc(Cl)c(S(=O)(=O)Nc2ccc(Cl)cc2)c1. The Morgan fingerprint density at radius 3 is 2.16 bits per heavy atom. The van der Waals surface area contributed by atoms with Crippen molar-refractivity contribution in [1.82, 2.24) is 4.31 Å². The van der Waals surface area contributed by atoms with E-state index in [1.807, 2.05) is 0 Å². The van der Waals surface area contributed by atoms with Crippen molar-refractivity contribution in [1.29, 1.82) is 0 Å². The number of carbonyl (C=O) groups excluding carboxylic acids is 1. The van der Waals surface area contributed by atoms with Gasteiger partial charge in [0.05, 0.1) is 33.8 Å². The summed E-state index contributed by atoms with van der Waals surface area (Å²) in [5, 5.41) is 2.97. The van der Waals surface area contributed by atoms with Crippen LogP contribution in [0.1, 0.15) is 10.4 Å². The number of benzene rings is 3. The number of amides is 1. The van der Waals surface area contributed by atoms with Crippen LogP contribution in [0.5, 0.6) is 0 Å². The minimum absolute atomic E-state index is 0.0413. The molecular formula is C23H20Cl3N3O6S2. The van der Waals surface area contributed by atoms with Gasteiger partial charge in [-0.05, 0) is 60.7 Å². The quantitative estimate of drug-likeness (QED) is 0.403. The van der Waals surface area contributed by atoms with E-state index in [9.17, 15) is 21.6 Å². The minimum Gasteiger partial charge on any atom is -0.379 e. The number of carbonyl (C=O) groups is 1. The first kappa shape index (κ1) is 27.6. The topological polar surface area (TPSA) is 122 Å². The van der Waals surface area contributed by atoms with Gasteiger partial charge in [0, 0.05) is 29.4 Å². The Labute approximate surface area is 229 Å². The Morgan fingerprint density at radius 1 is 0.838 bits per heavy atom. The molecule has 0 bridgehead atoms. The first-order valence-electron chi connectivity index (χ1n) is 10.7. The zero-order valence-electron chi connectivity index (χ0n) is 18.9. The lowest BCUT2D eigenvalue weighted by molar-refractivity contribution is 0.0730. The highest BCUT2D eigenvalue weighted by Crippen LogP contribution is 2.29. The smallest absolute Gasteiger partial charge is 0.263 e. The molecule has 9 nitrogen and oxygen atoms in total. The molecule has 0 aliphatic carbocycles. The van der Waals surface area contributed by atoms with Gasteiger partial charge in [-0.25, -0.2) is 16.8 Å². The van der Waals surface area contributed by atoms with Crippen LogP contribution in [0, 0.1) is 0 Å². The number of morpholine rings is 1. The van der Waals surface area contributed by atoms with Crippen molar-refractivity contribution in [3.63, 3.8) is 0 Å². The zero-order valence-corrected chi connectivity index (χ0v) is 22.8. The molecule has 1 heterocycles. The summed E-state index contributed by atoms with van der Waals surface area (Å²) in [4.78, 5) is 12.6. The average molecular weight is 605 g/mol. The van der Waals surface area contributed by atoms with Crippen LogP contribution in [0.3, 0.4) is 0 Å². The van der Waals surface area contributed by atoms with Gasteiger partial charge in [-0.2, -0.15) is 4.31 Å². The first-order chi connectivity index (χ1) is 17.5. The molecule has 1 aliphatic rings. The lowest BCUT2D eigenvalue weighted by Gasteiger charge is -2.26. The van der Waals surface area contributed by atoms with Crippen LogP contribution in [0.25, 0.3) is 0 Å². The van der Waals surface area contributed by atoms with Crippen LogP contribution in [0.15, 0.2) is 70.5 Å². The molecule has 1 saturated heterocycles. The Kier molecular flexibility index (Phi) is 8.34. The number of halogens is 3. The third-order valence-corrected chi connectivity index (χ3v) is 9.71. The van der Waals surface area contributed by atoms with Gasteiger partial charge in [0.15, 0.2) is 0 Å². The lowest BCUT2D eigenvalue weighted by atomic mass is 10.2. The summed E-state index contributed by atoms with van der Waals surface area (Å²) in [6, 6.07) is 13.7. The molecule has 0 saturated carbocycles. The van der Waals surface area contributed by atoms with E-state index in [1.54, 1.807) is 0 Å². The molecule has 3 aromatic rings. The molecule has 14 heteroatoms. The van der Waals surface area contributed by atoms with Gasteiger partial charge < -0.3 is 10.1 Å². The molecule has 37 heavy (non-hydrogen) atoms. The van der Waals surface area contributed by atoms with Crippen LogP contribution < -0.4 is 10.0 Å². The van der Waals surface area contributed by atoms with E-state index in [1.165, 1.54) is 58.9 Å². The van der Waals surface area contributed by atoms with Crippen LogP contribution in [-0.4, -0.2) is 53.4 Å². The van der Waals surface area contributed by atoms with E-state index >= 15 is 0 Å². The molecule has 4 rings (SSSR count). The molecule has 0 unspecified atom stereocenters. The molecule has 0 spiro atoms. The summed E-state index contributed by atoms with van der Waals surface area (Å²) >= 11 is 18.2. The number of ether oxygens (including phenoxy) is 1. The number of sulfonamides is 2. The summed E-state index contributed by atoms with van der Waals surface area (Å²) in [6.45, 7) is 0.980. The number of rotatable bonds is 7. The van der Waals surface area contributed by atoms with E-state index in [0.29, 0.717) is 5.02 Å². The van der Waals surface area contributed by atoms with E-state index in [-0.39, 0.29) is 63.1 Å². The van der Waals surface area contributed by atoms with Crippen LogP contribution in [0.2, 0.25) is 15.1 Å². The van der Waals surface area contributed by atoms with Gasteiger partial charge in [-0.3, -0.25) is 9.52 Å². The van der Waals surface area contributed by atoms with E-state index in [0.717, 1.165) is 6.07 Å². The highest BCUT2D eigenvalue weighted by atomic mass is 35.5. The predicted molar refractivity (Wildman–Crippen MR) is 143 cm³/mol. The average Bonchev–Trinajstić information content (AvgIpc) is 2.87. The molecule has 1 aliphatic heterocycles. The molecule has 0 aromatic heterocycles. The van der Waals surface area contributed by atoms with Gasteiger partial charge in [0.1, 0.15) is 4.90 Å². The van der Waals surface area contributed by atoms with Gasteiger partial charge >= 0.3 is 0 Å². The zero-order chi connectivity index (χ0) is 26.8. The number of nitrogens with one attached hydrogen (secondary N) is 2. The van der Waals surface area contributed by atoms with E-state index < -0.39 is 26.0 Å². The summed E-state index contributed by atoms with van der Waals surface area (Å²) in [6.07, 6.45) is 0. The monoisotopic (exact) mass is 603 g/mol. The van der Waals surface area contributed by atoms with Crippen molar-refractivity contribution >= 4 is 72.1 Å². The molecule has 1 fully saturated rings. The lowest BCUT2D eigenvalue weighted by Crippen LogP contribution is -2.40. The van der Waals surface area contributed by atoms with Crippen molar-refractivity contribution in [2.45, 2.75) is 9.79 Å². The Balaban J connectivity index is 1.59. The molecule has 2 N–H and O–H groups in total. The Hall–Kier alpha value is -2.38. The standard InChI is InChI=1S/C23H20Cl3N3O6S2/c24-16-2-4-17(5-3-16)28-36(31,32)22-13-15(1-7-20(22)26)23(30)27-21-14-18(6-8-19(21)25)37(33,34)29-9-11-35-12-10-29/h1-8,13-14,28H,9-12H2,(H,27,30). The Bertz CT molecular complexity index is 1540. The van der Waals surface area contributed by atoms with Gasteiger partial charge in [0.2, 0.25) is 10.0 Å². The van der Waals surface area contributed by atoms with Crippen LogP contribution in [0.4, 0.5) is 11.4 Å². The third kappa shape index (κ3) is 6.37. The predicted octanol–water partition coefficient (Wildman–Crippen LogP) is 4.72. The summed E-state index contributed by atoms with van der Waals surface area (Å²) < 4.78 is 60.7. The maximum absolute atomic E-state index is 13.0. The number of nitrogens with zero attached hydrogens (tertiary/aromatic N) is 1. The molecule has 0 radical (unpaired) electrons. The van der Waals surface area contributed by atoms with Gasteiger partial charge in [-0.15, -0.1) is 0 Å². The number of hydrogen-bond donors (Lipinski definition) is 2. The highest BCUT2D eigenvalue weighted by molar-refractivity contribution is 7.92. The second-order valence-corrected chi connectivity index (χ2v) is 12.7. The third-order valence-electron chi connectivity index (χ3n) is 5.37. The van der Waals surface area contributed by atoms with Crippen molar-refractivity contribution in [3.8, 4) is 0 Å². The molecule has 196 valence electrons. The summed E-state index contributed by atoms with van der Waals surface area (Å²) in [5.41, 5.74) is 0.249. The second-order valence-electron chi connectivity index (χ2n) is 7.87. The molecule has 3 aromatic carbocycles. The maximum atomic E-state index is 13.0. The van der Waals surface area contributed by atoms with Crippen LogP contribution in [-0.2, 0) is 24.8 Å². The number of hydrogen-bond acceptors (Lipinski definition) is 6. The van der Waals surface area contributed by atoms with Crippen LogP contribution >= 0.6 is 34.8 Å². The summed E-state index contributed by atoms with van der Waals surface area (Å²) in [7, 11) is -7.99. The minimum atomic E-state index is -4.16. The van der Waals surface area contributed by atoms with Crippen molar-refractivity contribution in [2.24, 2.45) is 0 Å². The highest BCUT2D eigenvalue weighted by Gasteiger charge is 2.27. The fourth-order valence-corrected chi connectivity index (χ4v) is 6.78. The fourth-order valence-electron chi connectivity index (χ4n) is 3.47. The van der Waals surface area contributed by atoms with E-state index in [4.69, 9.17) is 39.5 Å². The van der Waals surface area contributed by atoms with Gasteiger partial charge in [0.25, 0.3) is 15.9 Å².